The maximum atomic E-state index is 11.9. The molecule has 182 valence electrons. The zero-order chi connectivity index (χ0) is 24.7. The fourth-order valence-electron chi connectivity index (χ4n) is 3.24. The molecule has 1 aliphatic heterocycles. The molecule has 1 aromatic carbocycles. The van der Waals surface area contributed by atoms with E-state index in [-0.39, 0.29) is 13.2 Å². The number of carbonyl (C=O) groups is 4. The van der Waals surface area contributed by atoms with E-state index in [1.165, 1.54) is 19.9 Å². The summed E-state index contributed by atoms with van der Waals surface area (Å²) in [6, 6.07) is 3.76. The number of hydrogen-bond donors (Lipinski definition) is 1. The quantitative estimate of drug-likeness (QED) is 0.417. The minimum Gasteiger partial charge on any atom is -0.463 e. The van der Waals surface area contributed by atoms with Gasteiger partial charge in [-0.1, -0.05) is 29.3 Å². The summed E-state index contributed by atoms with van der Waals surface area (Å²) >= 11 is 12.1. The largest absolute Gasteiger partial charge is 0.463 e. The SMILES string of the molecule is CC(=O)N[C@H]1[C@@H](OCc2ccc(Cl)cc2Cl)O[C@@H](COC(C)=O)[C@@H](OC(C)=O)[C@@H]1OC(C)=O. The second-order valence-electron chi connectivity index (χ2n) is 7.27. The highest BCUT2D eigenvalue weighted by Gasteiger charge is 2.51. The summed E-state index contributed by atoms with van der Waals surface area (Å²) in [6.45, 7) is 4.40. The molecule has 33 heavy (non-hydrogen) atoms. The molecule has 10 nitrogen and oxygen atoms in total. The second kappa shape index (κ2) is 12.2. The number of rotatable bonds is 8. The number of ether oxygens (including phenoxy) is 5. The zero-order valence-corrected chi connectivity index (χ0v) is 20.0. The average Bonchev–Trinajstić information content (AvgIpc) is 2.68. The summed E-state index contributed by atoms with van der Waals surface area (Å²) in [5.74, 6) is -2.46. The molecule has 1 fully saturated rings. The molecule has 1 N–H and O–H groups in total. The van der Waals surface area contributed by atoms with Crippen LogP contribution in [0, 0.1) is 0 Å². The Morgan fingerprint density at radius 2 is 1.61 bits per heavy atom. The Bertz CT molecular complexity index is 894. The Labute approximate surface area is 200 Å². The Balaban J connectivity index is 2.38. The van der Waals surface area contributed by atoms with Crippen LogP contribution in [-0.2, 0) is 49.5 Å². The third-order valence-corrected chi connectivity index (χ3v) is 5.08. The summed E-state index contributed by atoms with van der Waals surface area (Å²) in [5.41, 5.74) is 0.578. The van der Waals surface area contributed by atoms with Crippen LogP contribution in [0.5, 0.6) is 0 Å². The van der Waals surface area contributed by atoms with Gasteiger partial charge in [-0.05, 0) is 17.7 Å². The fourth-order valence-corrected chi connectivity index (χ4v) is 3.71. The molecule has 1 amide bonds. The van der Waals surface area contributed by atoms with Crippen molar-refractivity contribution in [3.05, 3.63) is 33.8 Å². The first-order valence-electron chi connectivity index (χ1n) is 9.93. The van der Waals surface area contributed by atoms with Gasteiger partial charge in [0.2, 0.25) is 5.91 Å². The zero-order valence-electron chi connectivity index (χ0n) is 18.5. The summed E-state index contributed by atoms with van der Waals surface area (Å²) < 4.78 is 27.5. The summed E-state index contributed by atoms with van der Waals surface area (Å²) in [4.78, 5) is 46.8. The van der Waals surface area contributed by atoms with E-state index in [1.807, 2.05) is 0 Å². The smallest absolute Gasteiger partial charge is 0.303 e. The number of benzene rings is 1. The van der Waals surface area contributed by atoms with Crippen molar-refractivity contribution in [3.8, 4) is 0 Å². The maximum Gasteiger partial charge on any atom is 0.303 e. The molecule has 0 unspecified atom stereocenters. The molecule has 0 radical (unpaired) electrons. The topological polar surface area (TPSA) is 126 Å². The van der Waals surface area contributed by atoms with Crippen LogP contribution in [-0.4, -0.2) is 61.1 Å². The van der Waals surface area contributed by atoms with Gasteiger partial charge in [-0.15, -0.1) is 0 Å². The number of hydrogen-bond acceptors (Lipinski definition) is 9. The van der Waals surface area contributed by atoms with Crippen LogP contribution in [0.15, 0.2) is 18.2 Å². The van der Waals surface area contributed by atoms with Gasteiger partial charge in [-0.25, -0.2) is 0 Å². The highest BCUT2D eigenvalue weighted by Crippen LogP contribution is 2.29. The van der Waals surface area contributed by atoms with Crippen LogP contribution >= 0.6 is 23.2 Å². The van der Waals surface area contributed by atoms with Crippen LogP contribution in [0.3, 0.4) is 0 Å². The van der Waals surface area contributed by atoms with Crippen molar-refractivity contribution >= 4 is 47.0 Å². The van der Waals surface area contributed by atoms with Crippen molar-refractivity contribution in [2.75, 3.05) is 6.61 Å². The van der Waals surface area contributed by atoms with E-state index >= 15 is 0 Å². The normalized spacial score (nSPS) is 24.5. The Hall–Kier alpha value is -2.40. The molecular weight excluding hydrogens is 481 g/mol. The number of halogens is 2. The van der Waals surface area contributed by atoms with E-state index in [4.69, 9.17) is 46.9 Å². The Kier molecular flexibility index (Phi) is 9.90. The lowest BCUT2D eigenvalue weighted by atomic mass is 9.96. The number of nitrogens with one attached hydrogen (secondary N) is 1. The molecular formula is C21H25Cl2NO9. The average molecular weight is 506 g/mol. The van der Waals surface area contributed by atoms with Crippen molar-refractivity contribution in [3.63, 3.8) is 0 Å². The molecule has 0 saturated carbocycles. The first-order valence-corrected chi connectivity index (χ1v) is 10.7. The van der Waals surface area contributed by atoms with E-state index in [0.29, 0.717) is 15.6 Å². The van der Waals surface area contributed by atoms with Gasteiger partial charge in [-0.2, -0.15) is 0 Å². The molecule has 1 saturated heterocycles. The molecule has 0 aromatic heterocycles. The van der Waals surface area contributed by atoms with Crippen molar-refractivity contribution in [2.45, 2.75) is 64.9 Å². The maximum absolute atomic E-state index is 11.9. The van der Waals surface area contributed by atoms with E-state index in [2.05, 4.69) is 5.32 Å². The van der Waals surface area contributed by atoms with E-state index in [1.54, 1.807) is 12.1 Å². The van der Waals surface area contributed by atoms with Crippen LogP contribution in [0.1, 0.15) is 33.3 Å². The van der Waals surface area contributed by atoms with E-state index in [9.17, 15) is 19.2 Å². The van der Waals surface area contributed by atoms with Gasteiger partial charge in [0, 0.05) is 37.7 Å². The number of amides is 1. The fraction of sp³-hybridized carbons (Fsp3) is 0.524. The molecule has 1 aromatic rings. The predicted molar refractivity (Wildman–Crippen MR) is 115 cm³/mol. The lowest BCUT2D eigenvalue weighted by Gasteiger charge is -2.44. The van der Waals surface area contributed by atoms with Crippen molar-refractivity contribution in [2.24, 2.45) is 0 Å². The third kappa shape index (κ3) is 8.15. The summed E-state index contributed by atoms with van der Waals surface area (Å²) in [6.07, 6.45) is -4.63. The van der Waals surface area contributed by atoms with E-state index < -0.39 is 54.5 Å². The number of carbonyl (C=O) groups excluding carboxylic acids is 4. The molecule has 1 aliphatic rings. The van der Waals surface area contributed by atoms with Crippen LogP contribution in [0.4, 0.5) is 0 Å². The van der Waals surface area contributed by atoms with Crippen molar-refractivity contribution in [1.29, 1.82) is 0 Å². The third-order valence-electron chi connectivity index (χ3n) is 4.49. The van der Waals surface area contributed by atoms with Gasteiger partial charge in [-0.3, -0.25) is 19.2 Å². The van der Waals surface area contributed by atoms with Gasteiger partial charge >= 0.3 is 17.9 Å². The van der Waals surface area contributed by atoms with E-state index in [0.717, 1.165) is 13.8 Å². The minimum absolute atomic E-state index is 0.0535. The lowest BCUT2D eigenvalue weighted by molar-refractivity contribution is -0.280. The van der Waals surface area contributed by atoms with Gasteiger partial charge in [0.25, 0.3) is 0 Å². The van der Waals surface area contributed by atoms with Crippen LogP contribution < -0.4 is 5.32 Å². The standard InChI is InChI=1S/C21H25Cl2NO9/c1-10(25)24-18-20(32-13(4)28)19(31-12(3)27)17(9-29-11(2)26)33-21(18)30-8-14-5-6-15(22)7-16(14)23/h5-7,17-21H,8-9H2,1-4H3,(H,24,25)/t17-,18+,19+,20+,21-/m0/s1. The first-order chi connectivity index (χ1) is 15.5. The van der Waals surface area contributed by atoms with Crippen molar-refractivity contribution < 1.29 is 42.9 Å². The highest BCUT2D eigenvalue weighted by atomic mass is 35.5. The van der Waals surface area contributed by atoms with Gasteiger partial charge < -0.3 is 29.0 Å². The van der Waals surface area contributed by atoms with Gasteiger partial charge in [0.1, 0.15) is 18.8 Å². The molecule has 12 heteroatoms. The van der Waals surface area contributed by atoms with Crippen LogP contribution in [0.25, 0.3) is 0 Å². The van der Waals surface area contributed by atoms with Crippen molar-refractivity contribution in [1.82, 2.24) is 5.32 Å². The molecule has 2 rings (SSSR count). The van der Waals surface area contributed by atoms with Crippen LogP contribution in [0.2, 0.25) is 10.0 Å². The number of esters is 3. The molecule has 1 heterocycles. The molecule has 0 spiro atoms. The first kappa shape index (κ1) is 26.8. The lowest BCUT2D eigenvalue weighted by Crippen LogP contribution is -2.66. The highest BCUT2D eigenvalue weighted by molar-refractivity contribution is 6.35. The predicted octanol–water partition coefficient (Wildman–Crippen LogP) is 2.17. The molecule has 0 bridgehead atoms. The minimum atomic E-state index is -1.20. The molecule has 5 atom stereocenters. The van der Waals surface area contributed by atoms with Gasteiger partial charge in [0.15, 0.2) is 18.5 Å². The Morgan fingerprint density at radius 1 is 0.970 bits per heavy atom. The summed E-state index contributed by atoms with van der Waals surface area (Å²) in [7, 11) is 0. The Morgan fingerprint density at radius 3 is 2.15 bits per heavy atom. The molecule has 0 aliphatic carbocycles. The monoisotopic (exact) mass is 505 g/mol. The van der Waals surface area contributed by atoms with Gasteiger partial charge in [0.05, 0.1) is 6.61 Å². The second-order valence-corrected chi connectivity index (χ2v) is 8.11. The summed E-state index contributed by atoms with van der Waals surface area (Å²) in [5, 5.41) is 3.40.